The van der Waals surface area contributed by atoms with Crippen LogP contribution in [0.2, 0.25) is 0 Å². The maximum Gasteiger partial charge on any atom is 0.326 e. The second-order valence-corrected chi connectivity index (χ2v) is 3.76. The van der Waals surface area contributed by atoms with E-state index in [1.54, 1.807) is 6.08 Å². The van der Waals surface area contributed by atoms with Crippen LogP contribution in [0.1, 0.15) is 6.42 Å². The van der Waals surface area contributed by atoms with Crippen molar-refractivity contribution in [3.8, 4) is 0 Å². The zero-order chi connectivity index (χ0) is 8.32. The lowest BCUT2D eigenvalue weighted by Gasteiger charge is -2.20. The minimum atomic E-state index is -0.628. The van der Waals surface area contributed by atoms with Crippen molar-refractivity contribution in [2.45, 2.75) is 10.7 Å². The zero-order valence-corrected chi connectivity index (χ0v) is 7.80. The molecule has 0 radical (unpaired) electrons. The number of carbonyl (C=O) groups is 1. The largest absolute Gasteiger partial charge is 0.468 e. The summed E-state index contributed by atoms with van der Waals surface area (Å²) in [5, 5.41) is 0. The normalized spacial score (nSPS) is 28.5. The first-order chi connectivity index (χ1) is 5.19. The van der Waals surface area contributed by atoms with E-state index in [-0.39, 0.29) is 5.97 Å². The Hall–Kier alpha value is -0.570. The van der Waals surface area contributed by atoms with Crippen molar-refractivity contribution in [2.75, 3.05) is 7.11 Å². The fourth-order valence-electron chi connectivity index (χ4n) is 0.915. The Labute approximate surface area is 74.1 Å². The summed E-state index contributed by atoms with van der Waals surface area (Å²) < 4.78 is 3.99. The third kappa shape index (κ3) is 1.71. The molecule has 3 heteroatoms. The molecular formula is C8H9BrO2. The summed E-state index contributed by atoms with van der Waals surface area (Å²) in [6, 6.07) is 0. The fourth-order valence-corrected chi connectivity index (χ4v) is 1.42. The highest BCUT2D eigenvalue weighted by Crippen LogP contribution is 2.28. The van der Waals surface area contributed by atoms with E-state index >= 15 is 0 Å². The molecule has 1 aliphatic carbocycles. The summed E-state index contributed by atoms with van der Waals surface area (Å²) in [4.78, 5) is 11.1. The van der Waals surface area contributed by atoms with Crippen molar-refractivity contribution < 1.29 is 9.53 Å². The van der Waals surface area contributed by atoms with Crippen LogP contribution in [-0.2, 0) is 9.53 Å². The van der Waals surface area contributed by atoms with Crippen LogP contribution < -0.4 is 0 Å². The molecule has 1 atom stereocenters. The summed E-state index contributed by atoms with van der Waals surface area (Å²) in [6.07, 6.45) is 8.10. The van der Waals surface area contributed by atoms with Crippen LogP contribution in [0.25, 0.3) is 0 Å². The number of carbonyl (C=O) groups excluding carboxylic acids is 1. The van der Waals surface area contributed by atoms with Crippen LogP contribution in [0.3, 0.4) is 0 Å². The predicted octanol–water partition coefficient (Wildman–Crippen LogP) is 1.81. The number of hydrogen-bond donors (Lipinski definition) is 0. The third-order valence-corrected chi connectivity index (χ3v) is 2.46. The summed E-state index contributed by atoms with van der Waals surface area (Å²) in [5.41, 5.74) is 0. The van der Waals surface area contributed by atoms with Crippen molar-refractivity contribution >= 4 is 21.9 Å². The van der Waals surface area contributed by atoms with Gasteiger partial charge < -0.3 is 4.74 Å². The summed E-state index contributed by atoms with van der Waals surface area (Å²) in [7, 11) is 1.39. The molecule has 0 bridgehead atoms. The molecule has 0 heterocycles. The van der Waals surface area contributed by atoms with E-state index in [4.69, 9.17) is 0 Å². The second-order valence-electron chi connectivity index (χ2n) is 2.35. The minimum Gasteiger partial charge on any atom is -0.468 e. The van der Waals surface area contributed by atoms with Gasteiger partial charge in [0.25, 0.3) is 0 Å². The molecule has 11 heavy (non-hydrogen) atoms. The molecular weight excluding hydrogens is 208 g/mol. The lowest BCUT2D eigenvalue weighted by molar-refractivity contribution is -0.141. The number of allylic oxidation sites excluding steroid dienone is 3. The maximum absolute atomic E-state index is 11.1. The number of halogens is 1. The Balaban J connectivity index is 2.75. The Morgan fingerprint density at radius 2 is 2.36 bits per heavy atom. The Morgan fingerprint density at radius 3 is 2.82 bits per heavy atom. The monoisotopic (exact) mass is 216 g/mol. The van der Waals surface area contributed by atoms with E-state index in [2.05, 4.69) is 20.7 Å². The van der Waals surface area contributed by atoms with Crippen molar-refractivity contribution in [1.29, 1.82) is 0 Å². The Morgan fingerprint density at radius 1 is 1.64 bits per heavy atom. The molecule has 0 aromatic rings. The Bertz CT molecular complexity index is 220. The molecule has 0 N–H and O–H groups in total. The third-order valence-electron chi connectivity index (χ3n) is 1.55. The molecule has 1 aliphatic rings. The average molecular weight is 217 g/mol. The molecule has 0 aliphatic heterocycles. The minimum absolute atomic E-state index is 0.252. The first-order valence-corrected chi connectivity index (χ1v) is 4.10. The molecule has 0 spiro atoms. The van der Waals surface area contributed by atoms with Crippen LogP contribution >= 0.6 is 15.9 Å². The van der Waals surface area contributed by atoms with Gasteiger partial charge in [-0.3, -0.25) is 4.79 Å². The van der Waals surface area contributed by atoms with Gasteiger partial charge in [0.15, 0.2) is 0 Å². The van der Waals surface area contributed by atoms with Gasteiger partial charge in [0, 0.05) is 0 Å². The molecule has 60 valence electrons. The van der Waals surface area contributed by atoms with E-state index < -0.39 is 4.32 Å². The van der Waals surface area contributed by atoms with Crippen molar-refractivity contribution in [2.24, 2.45) is 0 Å². The highest BCUT2D eigenvalue weighted by atomic mass is 79.9. The lowest BCUT2D eigenvalue weighted by atomic mass is 10.0. The van der Waals surface area contributed by atoms with Gasteiger partial charge in [-0.1, -0.05) is 40.2 Å². The molecule has 1 unspecified atom stereocenters. The van der Waals surface area contributed by atoms with Gasteiger partial charge in [0.2, 0.25) is 0 Å². The number of rotatable bonds is 1. The van der Waals surface area contributed by atoms with Crippen molar-refractivity contribution in [3.63, 3.8) is 0 Å². The Kier molecular flexibility index (Phi) is 2.49. The number of ether oxygens (including phenoxy) is 1. The van der Waals surface area contributed by atoms with Crippen LogP contribution in [0.15, 0.2) is 24.3 Å². The van der Waals surface area contributed by atoms with E-state index in [1.807, 2.05) is 18.2 Å². The van der Waals surface area contributed by atoms with Crippen LogP contribution in [0.5, 0.6) is 0 Å². The predicted molar refractivity (Wildman–Crippen MR) is 46.6 cm³/mol. The van der Waals surface area contributed by atoms with E-state index in [0.717, 1.165) is 0 Å². The second kappa shape index (κ2) is 3.22. The van der Waals surface area contributed by atoms with Gasteiger partial charge in [0.05, 0.1) is 7.11 Å². The number of esters is 1. The number of methoxy groups -OCH3 is 1. The molecule has 0 amide bonds. The smallest absolute Gasteiger partial charge is 0.326 e. The van der Waals surface area contributed by atoms with Gasteiger partial charge in [0.1, 0.15) is 4.32 Å². The zero-order valence-electron chi connectivity index (χ0n) is 6.21. The van der Waals surface area contributed by atoms with Crippen molar-refractivity contribution in [3.05, 3.63) is 24.3 Å². The van der Waals surface area contributed by atoms with Gasteiger partial charge in [-0.05, 0) is 6.42 Å². The molecule has 0 saturated heterocycles. The number of alkyl halides is 1. The first-order valence-electron chi connectivity index (χ1n) is 3.31. The fraction of sp³-hybridized carbons (Fsp3) is 0.375. The SMILES string of the molecule is COC(=O)C1(Br)C=CC=CC1. The summed E-state index contributed by atoms with van der Waals surface area (Å²) in [5.74, 6) is -0.252. The maximum atomic E-state index is 11.1. The van der Waals surface area contributed by atoms with E-state index in [0.29, 0.717) is 6.42 Å². The molecule has 0 aromatic carbocycles. The highest BCUT2D eigenvalue weighted by molar-refractivity contribution is 9.10. The quantitative estimate of drug-likeness (QED) is 0.494. The van der Waals surface area contributed by atoms with Gasteiger partial charge in [-0.2, -0.15) is 0 Å². The van der Waals surface area contributed by atoms with Gasteiger partial charge in [-0.15, -0.1) is 0 Å². The molecule has 1 rings (SSSR count). The van der Waals surface area contributed by atoms with Gasteiger partial charge in [-0.25, -0.2) is 0 Å². The van der Waals surface area contributed by atoms with E-state index in [1.165, 1.54) is 7.11 Å². The highest BCUT2D eigenvalue weighted by Gasteiger charge is 2.33. The summed E-state index contributed by atoms with van der Waals surface area (Å²) in [6.45, 7) is 0. The molecule has 0 saturated carbocycles. The molecule has 2 nitrogen and oxygen atoms in total. The topological polar surface area (TPSA) is 26.3 Å². The molecule has 0 fully saturated rings. The molecule has 0 aromatic heterocycles. The van der Waals surface area contributed by atoms with Crippen molar-refractivity contribution in [1.82, 2.24) is 0 Å². The first kappa shape index (κ1) is 8.53. The van der Waals surface area contributed by atoms with Crippen LogP contribution in [0.4, 0.5) is 0 Å². The van der Waals surface area contributed by atoms with Gasteiger partial charge >= 0.3 is 5.97 Å². The average Bonchev–Trinajstić information content (AvgIpc) is 2.04. The van der Waals surface area contributed by atoms with Crippen LogP contribution in [0, 0.1) is 0 Å². The summed E-state index contributed by atoms with van der Waals surface area (Å²) >= 11 is 3.31. The number of hydrogen-bond acceptors (Lipinski definition) is 2. The van der Waals surface area contributed by atoms with Crippen LogP contribution in [-0.4, -0.2) is 17.4 Å². The standard InChI is InChI=1S/C8H9BrO2/c1-11-7(10)8(9)5-3-2-4-6-8/h2-5H,6H2,1H3. The lowest BCUT2D eigenvalue weighted by Crippen LogP contribution is -2.31. The van der Waals surface area contributed by atoms with E-state index in [9.17, 15) is 4.79 Å².